The smallest absolute Gasteiger partial charge is 0.207 e. The fourth-order valence-electron chi connectivity index (χ4n) is 1.97. The average Bonchev–Trinajstić information content (AvgIpc) is 2.48. The van der Waals surface area contributed by atoms with E-state index in [4.69, 9.17) is 0 Å². The molecule has 0 aliphatic carbocycles. The van der Waals surface area contributed by atoms with Crippen LogP contribution in [-0.4, -0.2) is 8.42 Å². The Bertz CT molecular complexity index is 742. The Morgan fingerprint density at radius 2 is 1.71 bits per heavy atom. The van der Waals surface area contributed by atoms with Gasteiger partial charge in [0, 0.05) is 11.9 Å². The van der Waals surface area contributed by atoms with Gasteiger partial charge in [0.1, 0.15) is 0 Å². The van der Waals surface area contributed by atoms with Gasteiger partial charge in [-0.2, -0.15) is 0 Å². The first-order valence-corrected chi connectivity index (χ1v) is 9.23. The number of halogens is 1. The summed E-state index contributed by atoms with van der Waals surface area (Å²) in [6.45, 7) is 4.16. The van der Waals surface area contributed by atoms with Gasteiger partial charge in [0.15, 0.2) is 0 Å². The molecular weight excluding hydrogens is 350 g/mol. The molecule has 1 N–H and O–H groups in total. The molecule has 0 unspecified atom stereocenters. The quantitative estimate of drug-likeness (QED) is 0.819. The van der Waals surface area contributed by atoms with Crippen LogP contribution in [0.15, 0.2) is 47.4 Å². The average molecular weight is 368 g/mol. The predicted molar refractivity (Wildman–Crippen MR) is 89.0 cm³/mol. The fraction of sp³-hybridized carbons (Fsp3) is 0.250. The van der Waals surface area contributed by atoms with Crippen LogP contribution in [0.1, 0.15) is 22.3 Å². The van der Waals surface area contributed by atoms with E-state index in [9.17, 15) is 8.42 Å². The number of sulfonamides is 1. The Kier molecular flexibility index (Phi) is 5.19. The van der Waals surface area contributed by atoms with Crippen LogP contribution in [0, 0.1) is 13.8 Å². The van der Waals surface area contributed by atoms with Crippen molar-refractivity contribution in [3.63, 3.8) is 0 Å². The van der Waals surface area contributed by atoms with Gasteiger partial charge in [-0.15, -0.1) is 0 Å². The number of hydrogen-bond acceptors (Lipinski definition) is 2. The first kappa shape index (κ1) is 16.2. The zero-order chi connectivity index (χ0) is 15.5. The first-order valence-electron chi connectivity index (χ1n) is 6.63. The Balaban J connectivity index is 2.15. The third-order valence-corrected chi connectivity index (χ3v) is 5.45. The second-order valence-corrected chi connectivity index (χ2v) is 7.35. The van der Waals surface area contributed by atoms with Crippen molar-refractivity contribution in [1.29, 1.82) is 0 Å². The van der Waals surface area contributed by atoms with Gasteiger partial charge in [0.05, 0.1) is 4.90 Å². The summed E-state index contributed by atoms with van der Waals surface area (Å²) < 4.78 is 27.3. The maximum Gasteiger partial charge on any atom is 0.240 e. The number of aryl methyl sites for hydroxylation is 2. The van der Waals surface area contributed by atoms with E-state index in [0.29, 0.717) is 4.90 Å². The van der Waals surface area contributed by atoms with Crippen molar-refractivity contribution in [2.75, 3.05) is 0 Å². The number of benzene rings is 2. The van der Waals surface area contributed by atoms with Gasteiger partial charge in [-0.25, -0.2) is 13.1 Å². The van der Waals surface area contributed by atoms with Gasteiger partial charge in [-0.05, 0) is 48.2 Å². The van der Waals surface area contributed by atoms with E-state index in [-0.39, 0.29) is 6.54 Å². The van der Waals surface area contributed by atoms with Crippen LogP contribution in [0.5, 0.6) is 0 Å². The lowest BCUT2D eigenvalue weighted by atomic mass is 10.1. The summed E-state index contributed by atoms with van der Waals surface area (Å²) in [7, 11) is -3.48. The van der Waals surface area contributed by atoms with Crippen LogP contribution in [0.3, 0.4) is 0 Å². The number of rotatable bonds is 5. The Labute approximate surface area is 134 Å². The van der Waals surface area contributed by atoms with Crippen molar-refractivity contribution in [3.8, 4) is 0 Å². The van der Waals surface area contributed by atoms with Gasteiger partial charge in [-0.3, -0.25) is 0 Å². The van der Waals surface area contributed by atoms with E-state index < -0.39 is 10.0 Å². The van der Waals surface area contributed by atoms with E-state index in [2.05, 4.69) is 20.7 Å². The van der Waals surface area contributed by atoms with E-state index in [1.54, 1.807) is 12.1 Å². The molecular formula is C16H18BrNO2S. The van der Waals surface area contributed by atoms with Crippen molar-refractivity contribution in [2.45, 2.75) is 30.6 Å². The molecule has 0 radical (unpaired) electrons. The zero-order valence-electron chi connectivity index (χ0n) is 12.1. The van der Waals surface area contributed by atoms with Gasteiger partial charge < -0.3 is 0 Å². The van der Waals surface area contributed by atoms with E-state index in [1.165, 1.54) is 0 Å². The van der Waals surface area contributed by atoms with Crippen molar-refractivity contribution in [1.82, 2.24) is 4.72 Å². The lowest BCUT2D eigenvalue weighted by molar-refractivity contribution is 0.581. The third-order valence-electron chi connectivity index (χ3n) is 3.40. The Morgan fingerprint density at radius 1 is 1.00 bits per heavy atom. The van der Waals surface area contributed by atoms with Crippen LogP contribution >= 0.6 is 15.9 Å². The molecule has 5 heteroatoms. The second kappa shape index (κ2) is 6.73. The molecule has 0 fully saturated rings. The first-order chi connectivity index (χ1) is 9.92. The zero-order valence-corrected chi connectivity index (χ0v) is 14.5. The lowest BCUT2D eigenvalue weighted by Crippen LogP contribution is -2.23. The highest BCUT2D eigenvalue weighted by atomic mass is 79.9. The molecule has 0 spiro atoms. The Hall–Kier alpha value is -1.17. The second-order valence-electron chi connectivity index (χ2n) is 5.02. The highest BCUT2D eigenvalue weighted by molar-refractivity contribution is 9.08. The maximum atomic E-state index is 12.3. The largest absolute Gasteiger partial charge is 0.240 e. The van der Waals surface area contributed by atoms with Crippen molar-refractivity contribution < 1.29 is 8.42 Å². The van der Waals surface area contributed by atoms with Crippen molar-refractivity contribution in [2.24, 2.45) is 0 Å². The molecule has 0 aromatic heterocycles. The summed E-state index contributed by atoms with van der Waals surface area (Å²) >= 11 is 3.40. The maximum absolute atomic E-state index is 12.3. The predicted octanol–water partition coefficient (Wildman–Crippen LogP) is 3.68. The summed E-state index contributed by atoms with van der Waals surface area (Å²) in [5.74, 6) is 0. The van der Waals surface area contributed by atoms with Crippen LogP contribution in [0.25, 0.3) is 0 Å². The summed E-state index contributed by atoms with van der Waals surface area (Å²) in [6.07, 6.45) is 0. The molecule has 0 saturated heterocycles. The normalized spacial score (nSPS) is 11.6. The summed E-state index contributed by atoms with van der Waals surface area (Å²) in [5.41, 5.74) is 4.12. The molecule has 0 bridgehead atoms. The minimum atomic E-state index is -3.48. The fourth-order valence-corrected chi connectivity index (χ4v) is 3.42. The molecule has 3 nitrogen and oxygen atoms in total. The highest BCUT2D eigenvalue weighted by Crippen LogP contribution is 2.15. The molecule has 0 atom stereocenters. The Morgan fingerprint density at radius 3 is 2.38 bits per heavy atom. The minimum Gasteiger partial charge on any atom is -0.207 e. The molecule has 0 saturated carbocycles. The molecule has 0 aliphatic rings. The molecule has 0 aliphatic heterocycles. The summed E-state index contributed by atoms with van der Waals surface area (Å²) in [4.78, 5) is 0.308. The van der Waals surface area contributed by atoms with Crippen molar-refractivity contribution >= 4 is 26.0 Å². The number of alkyl halides is 1. The molecule has 112 valence electrons. The monoisotopic (exact) mass is 367 g/mol. The molecule has 2 aromatic carbocycles. The molecule has 2 aromatic rings. The van der Waals surface area contributed by atoms with Crippen molar-refractivity contribution in [3.05, 3.63) is 64.7 Å². The van der Waals surface area contributed by atoms with Gasteiger partial charge >= 0.3 is 0 Å². The summed E-state index contributed by atoms with van der Waals surface area (Å²) in [5, 5.41) is 0.755. The lowest BCUT2D eigenvalue weighted by Gasteiger charge is -2.09. The molecule has 2 rings (SSSR count). The van der Waals surface area contributed by atoms with Crippen LogP contribution in [0.2, 0.25) is 0 Å². The number of nitrogens with one attached hydrogen (secondary N) is 1. The molecule has 21 heavy (non-hydrogen) atoms. The van der Waals surface area contributed by atoms with E-state index >= 15 is 0 Å². The van der Waals surface area contributed by atoms with Gasteiger partial charge in [-0.1, -0.05) is 46.3 Å². The molecule has 0 amide bonds. The van der Waals surface area contributed by atoms with Gasteiger partial charge in [0.2, 0.25) is 10.0 Å². The number of hydrogen-bond donors (Lipinski definition) is 1. The summed E-state index contributed by atoms with van der Waals surface area (Å²) in [6, 6.07) is 13.0. The third kappa shape index (κ3) is 4.15. The molecule has 0 heterocycles. The van der Waals surface area contributed by atoms with E-state index in [1.807, 2.05) is 44.2 Å². The van der Waals surface area contributed by atoms with Gasteiger partial charge in [0.25, 0.3) is 0 Å². The minimum absolute atomic E-state index is 0.288. The van der Waals surface area contributed by atoms with Crippen LogP contribution in [-0.2, 0) is 21.9 Å². The van der Waals surface area contributed by atoms with E-state index in [0.717, 1.165) is 27.6 Å². The van der Waals surface area contributed by atoms with Crippen LogP contribution in [0.4, 0.5) is 0 Å². The van der Waals surface area contributed by atoms with Crippen LogP contribution < -0.4 is 4.72 Å². The standard InChI is InChI=1S/C16H18BrNO2S/c1-12-6-7-16(8-13(12)2)21(19,20)18-11-15-5-3-4-14(9-15)10-17/h3-9,18H,10-11H2,1-2H3. The SMILES string of the molecule is Cc1ccc(S(=O)(=O)NCc2cccc(CBr)c2)cc1C. The topological polar surface area (TPSA) is 46.2 Å². The highest BCUT2D eigenvalue weighted by Gasteiger charge is 2.14.